The van der Waals surface area contributed by atoms with Crippen molar-refractivity contribution in [2.75, 3.05) is 10.6 Å². The van der Waals surface area contributed by atoms with Crippen LogP contribution in [0.3, 0.4) is 0 Å². The number of nitrogens with zero attached hydrogens (tertiary/aromatic N) is 2. The van der Waals surface area contributed by atoms with Gasteiger partial charge in [-0.1, -0.05) is 18.2 Å². The molecule has 0 bridgehead atoms. The summed E-state index contributed by atoms with van der Waals surface area (Å²) in [5.41, 5.74) is 9.28. The Morgan fingerprint density at radius 2 is 2.04 bits per heavy atom. The number of carbonyl (C=O) groups is 2. The van der Waals surface area contributed by atoms with Crippen molar-refractivity contribution < 1.29 is 9.59 Å². The number of aromatic nitrogens is 2. The first-order valence-electron chi connectivity index (χ1n) is 7.45. The minimum atomic E-state index is -0.356. The number of rotatable bonds is 2. The normalized spacial score (nSPS) is 13.8. The fourth-order valence-corrected chi connectivity index (χ4v) is 2.37. The molecule has 7 heteroatoms. The average Bonchev–Trinajstić information content (AvgIpc) is 2.69. The van der Waals surface area contributed by atoms with E-state index in [1.807, 2.05) is 24.3 Å². The molecule has 7 nitrogen and oxygen atoms in total. The highest BCUT2D eigenvalue weighted by atomic mass is 16.2. The van der Waals surface area contributed by atoms with Crippen LogP contribution in [-0.4, -0.2) is 21.8 Å². The van der Waals surface area contributed by atoms with Crippen LogP contribution in [-0.2, 0) is 16.0 Å². The van der Waals surface area contributed by atoms with Gasteiger partial charge in [-0.15, -0.1) is 0 Å². The van der Waals surface area contributed by atoms with E-state index in [-0.39, 0.29) is 24.2 Å². The maximum atomic E-state index is 12.1. The Morgan fingerprint density at radius 3 is 2.79 bits per heavy atom. The van der Waals surface area contributed by atoms with Gasteiger partial charge in [-0.05, 0) is 19.9 Å². The molecule has 0 fully saturated rings. The second kappa shape index (κ2) is 6.11. The lowest BCUT2D eigenvalue weighted by Crippen LogP contribution is -2.18. The molecule has 2 amide bonds. The molecule has 0 radical (unpaired) electrons. The summed E-state index contributed by atoms with van der Waals surface area (Å²) in [5.74, 6) is -0.311. The van der Waals surface area contributed by atoms with Gasteiger partial charge in [-0.3, -0.25) is 14.9 Å². The van der Waals surface area contributed by atoms with Gasteiger partial charge in [0.25, 0.3) is 5.91 Å². The summed E-state index contributed by atoms with van der Waals surface area (Å²) in [6.07, 6.45) is 1.74. The number of allylic oxidation sites excluding steroid dienone is 1. The third-order valence-corrected chi connectivity index (χ3v) is 3.83. The van der Waals surface area contributed by atoms with E-state index in [0.29, 0.717) is 28.2 Å². The zero-order chi connectivity index (χ0) is 17.3. The highest BCUT2D eigenvalue weighted by Crippen LogP contribution is 2.32. The average molecular weight is 323 g/mol. The van der Waals surface area contributed by atoms with E-state index in [4.69, 9.17) is 5.73 Å². The van der Waals surface area contributed by atoms with Crippen LogP contribution in [0, 0.1) is 0 Å². The molecule has 2 aromatic rings. The summed E-state index contributed by atoms with van der Waals surface area (Å²) >= 11 is 0. The highest BCUT2D eigenvalue weighted by Gasteiger charge is 2.21. The van der Waals surface area contributed by atoms with Crippen molar-refractivity contribution in [3.05, 3.63) is 47.3 Å². The minimum Gasteiger partial charge on any atom is -0.402 e. The number of carbonyl (C=O) groups excluding carboxylic acids is 2. The summed E-state index contributed by atoms with van der Waals surface area (Å²) in [7, 11) is 0. The molecule has 1 aliphatic rings. The first-order chi connectivity index (χ1) is 11.5. The molecule has 4 N–H and O–H groups in total. The molecule has 0 spiro atoms. The predicted octanol–water partition coefficient (Wildman–Crippen LogP) is 1.83. The number of benzene rings is 1. The van der Waals surface area contributed by atoms with Crippen molar-refractivity contribution in [2.45, 2.75) is 20.3 Å². The van der Waals surface area contributed by atoms with Gasteiger partial charge < -0.3 is 11.1 Å². The number of anilines is 2. The van der Waals surface area contributed by atoms with Crippen molar-refractivity contribution in [1.82, 2.24) is 9.97 Å². The van der Waals surface area contributed by atoms with Gasteiger partial charge in [0.15, 0.2) is 0 Å². The second-order valence-electron chi connectivity index (χ2n) is 5.60. The maximum absolute atomic E-state index is 12.1. The van der Waals surface area contributed by atoms with Gasteiger partial charge in [-0.25, -0.2) is 9.97 Å². The van der Waals surface area contributed by atoms with Crippen LogP contribution in [0.1, 0.15) is 19.4 Å². The zero-order valence-corrected chi connectivity index (χ0v) is 13.4. The van der Waals surface area contributed by atoms with Gasteiger partial charge in [0.05, 0.1) is 17.8 Å². The van der Waals surface area contributed by atoms with E-state index in [1.54, 1.807) is 20.0 Å². The fourth-order valence-electron chi connectivity index (χ4n) is 2.37. The van der Waals surface area contributed by atoms with E-state index in [1.165, 1.54) is 0 Å². The number of nitrogens with one attached hydrogen (secondary N) is 2. The standard InChI is InChI=1S/C17H17N5O2/c1-9(10(2)18)16(24)22-17-19-8-11-7-14(23)20-13-6-4-3-5-12(13)15(11)21-17/h3-6,8H,7,18H2,1-2H3,(H,20,23)(H,19,21,22,24). The van der Waals surface area contributed by atoms with E-state index in [9.17, 15) is 9.59 Å². The van der Waals surface area contributed by atoms with Gasteiger partial charge in [0.1, 0.15) is 0 Å². The molecule has 0 aliphatic carbocycles. The molecule has 1 aliphatic heterocycles. The van der Waals surface area contributed by atoms with Crippen LogP contribution < -0.4 is 16.4 Å². The SMILES string of the molecule is CC(N)=C(C)C(=O)Nc1ncc2c(n1)-c1ccccc1NC(=O)C2. The molecule has 2 heterocycles. The van der Waals surface area contributed by atoms with E-state index in [2.05, 4.69) is 20.6 Å². The van der Waals surface area contributed by atoms with Gasteiger partial charge in [-0.2, -0.15) is 0 Å². The van der Waals surface area contributed by atoms with Crippen LogP contribution in [0.2, 0.25) is 0 Å². The van der Waals surface area contributed by atoms with Crippen LogP contribution >= 0.6 is 0 Å². The largest absolute Gasteiger partial charge is 0.402 e. The van der Waals surface area contributed by atoms with Crippen molar-refractivity contribution in [3.63, 3.8) is 0 Å². The molecule has 0 atom stereocenters. The number of hydrogen-bond acceptors (Lipinski definition) is 5. The molecule has 1 aromatic heterocycles. The Hall–Kier alpha value is -3.22. The smallest absolute Gasteiger partial charge is 0.255 e. The quantitative estimate of drug-likeness (QED) is 0.730. The van der Waals surface area contributed by atoms with Gasteiger partial charge >= 0.3 is 0 Å². The Bertz CT molecular complexity index is 869. The summed E-state index contributed by atoms with van der Waals surface area (Å²) in [6.45, 7) is 3.28. The fraction of sp³-hybridized carbons (Fsp3) is 0.176. The lowest BCUT2D eigenvalue weighted by Gasteiger charge is -2.10. The number of amides is 2. The molecular weight excluding hydrogens is 306 g/mol. The maximum Gasteiger partial charge on any atom is 0.255 e. The molecule has 3 rings (SSSR count). The molecule has 1 aromatic carbocycles. The number of hydrogen-bond donors (Lipinski definition) is 3. The zero-order valence-electron chi connectivity index (χ0n) is 13.4. The molecular formula is C17H17N5O2. The highest BCUT2D eigenvalue weighted by molar-refractivity contribution is 6.03. The van der Waals surface area contributed by atoms with Gasteiger partial charge in [0.2, 0.25) is 11.9 Å². The van der Waals surface area contributed by atoms with Gasteiger partial charge in [0, 0.05) is 28.6 Å². The van der Waals surface area contributed by atoms with Crippen LogP contribution in [0.25, 0.3) is 11.3 Å². The lowest BCUT2D eigenvalue weighted by atomic mass is 10.1. The van der Waals surface area contributed by atoms with Crippen molar-refractivity contribution in [1.29, 1.82) is 0 Å². The van der Waals surface area contributed by atoms with E-state index >= 15 is 0 Å². The third kappa shape index (κ3) is 2.96. The lowest BCUT2D eigenvalue weighted by molar-refractivity contribution is -0.115. The predicted molar refractivity (Wildman–Crippen MR) is 91.0 cm³/mol. The second-order valence-corrected chi connectivity index (χ2v) is 5.60. The first kappa shape index (κ1) is 15.7. The molecule has 122 valence electrons. The monoisotopic (exact) mass is 323 g/mol. The molecule has 0 unspecified atom stereocenters. The Labute approximate surface area is 139 Å². The van der Waals surface area contributed by atoms with E-state index < -0.39 is 0 Å². The Kier molecular flexibility index (Phi) is 3.99. The number of para-hydroxylation sites is 1. The van der Waals surface area contributed by atoms with Crippen LogP contribution in [0.4, 0.5) is 11.6 Å². The van der Waals surface area contributed by atoms with Crippen molar-refractivity contribution in [2.24, 2.45) is 5.73 Å². The Balaban J connectivity index is 2.03. The molecule has 24 heavy (non-hydrogen) atoms. The number of fused-ring (bicyclic) bond motifs is 3. The topological polar surface area (TPSA) is 110 Å². The number of nitrogens with two attached hydrogens (primary N) is 1. The molecule has 0 saturated carbocycles. The van der Waals surface area contributed by atoms with E-state index in [0.717, 1.165) is 5.56 Å². The van der Waals surface area contributed by atoms with Crippen LogP contribution in [0.5, 0.6) is 0 Å². The third-order valence-electron chi connectivity index (χ3n) is 3.83. The van der Waals surface area contributed by atoms with Crippen molar-refractivity contribution >= 4 is 23.5 Å². The Morgan fingerprint density at radius 1 is 1.29 bits per heavy atom. The summed E-state index contributed by atoms with van der Waals surface area (Å²) in [5, 5.41) is 5.48. The minimum absolute atomic E-state index is 0.126. The van der Waals surface area contributed by atoms with Crippen molar-refractivity contribution in [3.8, 4) is 11.3 Å². The first-order valence-corrected chi connectivity index (χ1v) is 7.45. The molecule has 0 saturated heterocycles. The summed E-state index contributed by atoms with van der Waals surface area (Å²) < 4.78 is 0. The summed E-state index contributed by atoms with van der Waals surface area (Å²) in [4.78, 5) is 32.6. The summed E-state index contributed by atoms with van der Waals surface area (Å²) in [6, 6.07) is 7.39. The van der Waals surface area contributed by atoms with Crippen LogP contribution in [0.15, 0.2) is 41.7 Å².